The zero-order valence-electron chi connectivity index (χ0n) is 17.9. The number of carbonyl (C=O) groups is 1. The molecule has 0 aromatic heterocycles. The Morgan fingerprint density at radius 1 is 1.00 bits per heavy atom. The van der Waals surface area contributed by atoms with E-state index in [1.54, 1.807) is 24.3 Å². The van der Waals surface area contributed by atoms with Crippen LogP contribution in [0.4, 0.5) is 10.5 Å². The maximum atomic E-state index is 12.9. The van der Waals surface area contributed by atoms with Gasteiger partial charge >= 0.3 is 6.03 Å². The Bertz CT molecular complexity index is 1160. The fourth-order valence-electron chi connectivity index (χ4n) is 3.19. The highest BCUT2D eigenvalue weighted by Gasteiger charge is 2.19. The number of amides is 2. The van der Waals surface area contributed by atoms with Crippen molar-refractivity contribution in [1.82, 2.24) is 5.32 Å². The average Bonchev–Trinajstić information content (AvgIpc) is 2.80. The maximum absolute atomic E-state index is 12.9. The number of carbonyl (C=O) groups excluding carboxylic acids is 1. The molecule has 3 aromatic carbocycles. The third-order valence-corrected chi connectivity index (χ3v) is 6.68. The minimum atomic E-state index is -3.64. The van der Waals surface area contributed by atoms with Gasteiger partial charge in [-0.05, 0) is 35.7 Å². The molecule has 32 heavy (non-hydrogen) atoms. The van der Waals surface area contributed by atoms with Crippen molar-refractivity contribution >= 4 is 21.6 Å². The van der Waals surface area contributed by atoms with Crippen molar-refractivity contribution in [2.75, 3.05) is 12.4 Å². The highest BCUT2D eigenvalue weighted by atomic mass is 32.2. The van der Waals surface area contributed by atoms with Gasteiger partial charge in [-0.25, -0.2) is 13.2 Å². The lowest BCUT2D eigenvalue weighted by Crippen LogP contribution is -2.31. The molecule has 3 aromatic rings. The SMILES string of the molecule is COc1cc(S(=O)(=O)Cc2ccc(CO)cc2)ccc1NC(=O)NC(C)c1ccccc1. The molecule has 0 aliphatic heterocycles. The lowest BCUT2D eigenvalue weighted by molar-refractivity contribution is 0.249. The quantitative estimate of drug-likeness (QED) is 0.476. The van der Waals surface area contributed by atoms with E-state index in [-0.39, 0.29) is 29.0 Å². The summed E-state index contributed by atoms with van der Waals surface area (Å²) in [6, 6.07) is 20.0. The molecular weight excluding hydrogens is 428 g/mol. The summed E-state index contributed by atoms with van der Waals surface area (Å²) >= 11 is 0. The molecule has 0 aliphatic rings. The standard InChI is InChI=1S/C24H26N2O5S/c1-17(20-6-4-3-5-7-20)25-24(28)26-22-13-12-21(14-23(22)31-2)32(29,30)16-19-10-8-18(15-27)9-11-19/h3-14,17,27H,15-16H2,1-2H3,(H2,25,26,28). The summed E-state index contributed by atoms with van der Waals surface area (Å²) in [4.78, 5) is 12.5. The number of methoxy groups -OCH3 is 1. The zero-order chi connectivity index (χ0) is 23.1. The van der Waals surface area contributed by atoms with Crippen LogP contribution in [-0.4, -0.2) is 26.7 Å². The van der Waals surface area contributed by atoms with E-state index in [1.807, 2.05) is 37.3 Å². The molecule has 7 nitrogen and oxygen atoms in total. The van der Waals surface area contributed by atoms with Crippen LogP contribution in [0.15, 0.2) is 77.7 Å². The van der Waals surface area contributed by atoms with Crippen LogP contribution in [0.25, 0.3) is 0 Å². The van der Waals surface area contributed by atoms with Crippen molar-refractivity contribution in [3.05, 3.63) is 89.5 Å². The van der Waals surface area contributed by atoms with Crippen LogP contribution in [-0.2, 0) is 22.2 Å². The minimum Gasteiger partial charge on any atom is -0.495 e. The van der Waals surface area contributed by atoms with E-state index in [9.17, 15) is 13.2 Å². The molecule has 1 unspecified atom stereocenters. The topological polar surface area (TPSA) is 105 Å². The summed E-state index contributed by atoms with van der Waals surface area (Å²) in [5, 5.41) is 14.7. The number of hydrogen-bond donors (Lipinski definition) is 3. The predicted molar refractivity (Wildman–Crippen MR) is 123 cm³/mol. The third kappa shape index (κ3) is 5.87. The summed E-state index contributed by atoms with van der Waals surface area (Å²) in [5.41, 5.74) is 2.64. The minimum absolute atomic E-state index is 0.0872. The summed E-state index contributed by atoms with van der Waals surface area (Å²) in [6.07, 6.45) is 0. The van der Waals surface area contributed by atoms with Gasteiger partial charge < -0.3 is 20.5 Å². The smallest absolute Gasteiger partial charge is 0.319 e. The number of urea groups is 1. The van der Waals surface area contributed by atoms with Crippen LogP contribution in [0.3, 0.4) is 0 Å². The molecular formula is C24H26N2O5S. The van der Waals surface area contributed by atoms with E-state index in [2.05, 4.69) is 10.6 Å². The van der Waals surface area contributed by atoms with E-state index >= 15 is 0 Å². The number of hydrogen-bond acceptors (Lipinski definition) is 5. The number of anilines is 1. The second-order valence-corrected chi connectivity index (χ2v) is 9.32. The molecule has 0 saturated heterocycles. The fraction of sp³-hybridized carbons (Fsp3) is 0.208. The summed E-state index contributed by atoms with van der Waals surface area (Å²) in [6.45, 7) is 1.77. The highest BCUT2D eigenvalue weighted by molar-refractivity contribution is 7.90. The number of benzene rings is 3. The first-order valence-electron chi connectivity index (χ1n) is 10.0. The lowest BCUT2D eigenvalue weighted by Gasteiger charge is -2.17. The fourth-order valence-corrected chi connectivity index (χ4v) is 4.55. The van der Waals surface area contributed by atoms with Gasteiger partial charge in [0.25, 0.3) is 0 Å². The third-order valence-electron chi connectivity index (χ3n) is 4.99. The Hall–Kier alpha value is -3.36. The molecule has 0 radical (unpaired) electrons. The van der Waals surface area contributed by atoms with Gasteiger partial charge in [0.1, 0.15) is 5.75 Å². The zero-order valence-corrected chi connectivity index (χ0v) is 18.7. The van der Waals surface area contributed by atoms with Crippen molar-refractivity contribution in [1.29, 1.82) is 0 Å². The van der Waals surface area contributed by atoms with E-state index < -0.39 is 15.9 Å². The first-order valence-corrected chi connectivity index (χ1v) is 11.7. The first kappa shape index (κ1) is 23.3. The number of rotatable bonds is 8. The van der Waals surface area contributed by atoms with Gasteiger partial charge in [-0.3, -0.25) is 0 Å². The van der Waals surface area contributed by atoms with E-state index in [0.717, 1.165) is 5.56 Å². The first-order chi connectivity index (χ1) is 15.3. The van der Waals surface area contributed by atoms with Gasteiger partial charge in [0.05, 0.1) is 36.1 Å². The van der Waals surface area contributed by atoms with Gasteiger partial charge in [-0.2, -0.15) is 0 Å². The van der Waals surface area contributed by atoms with E-state index in [4.69, 9.17) is 9.84 Å². The molecule has 0 spiro atoms. The van der Waals surface area contributed by atoms with Crippen LogP contribution in [0.1, 0.15) is 29.7 Å². The van der Waals surface area contributed by atoms with Gasteiger partial charge in [0, 0.05) is 6.07 Å². The number of ether oxygens (including phenoxy) is 1. The van der Waals surface area contributed by atoms with Gasteiger partial charge in [0.15, 0.2) is 9.84 Å². The monoisotopic (exact) mass is 454 g/mol. The molecule has 1 atom stereocenters. The number of aliphatic hydroxyl groups excluding tert-OH is 1. The normalized spacial score (nSPS) is 12.1. The van der Waals surface area contributed by atoms with Crippen LogP contribution in [0.2, 0.25) is 0 Å². The number of nitrogens with one attached hydrogen (secondary N) is 2. The second-order valence-electron chi connectivity index (χ2n) is 7.33. The van der Waals surface area contributed by atoms with E-state index in [1.165, 1.54) is 25.3 Å². The van der Waals surface area contributed by atoms with Gasteiger partial charge in [-0.15, -0.1) is 0 Å². The molecule has 2 amide bonds. The number of sulfone groups is 1. The average molecular weight is 455 g/mol. The molecule has 0 saturated carbocycles. The largest absolute Gasteiger partial charge is 0.495 e. The summed E-state index contributed by atoms with van der Waals surface area (Å²) < 4.78 is 31.0. The molecule has 0 fully saturated rings. The van der Waals surface area contributed by atoms with Crippen LogP contribution in [0.5, 0.6) is 5.75 Å². The maximum Gasteiger partial charge on any atom is 0.319 e. The van der Waals surface area contributed by atoms with Gasteiger partial charge in [0.2, 0.25) is 0 Å². The van der Waals surface area contributed by atoms with E-state index in [0.29, 0.717) is 16.8 Å². The number of aliphatic hydroxyl groups is 1. The Balaban J connectivity index is 1.72. The van der Waals surface area contributed by atoms with Crippen LogP contribution in [0, 0.1) is 0 Å². The molecule has 0 aliphatic carbocycles. The molecule has 3 rings (SSSR count). The second kappa shape index (κ2) is 10.3. The van der Waals surface area contributed by atoms with Crippen molar-refractivity contribution in [3.8, 4) is 5.75 Å². The molecule has 0 bridgehead atoms. The Morgan fingerprint density at radius 3 is 2.28 bits per heavy atom. The summed E-state index contributed by atoms with van der Waals surface area (Å²) in [7, 11) is -2.22. The molecule has 168 valence electrons. The Kier molecular flexibility index (Phi) is 7.50. The Morgan fingerprint density at radius 2 is 1.66 bits per heavy atom. The van der Waals surface area contributed by atoms with Crippen molar-refractivity contribution < 1.29 is 23.1 Å². The summed E-state index contributed by atoms with van der Waals surface area (Å²) in [5.74, 6) is 0.0493. The lowest BCUT2D eigenvalue weighted by atomic mass is 10.1. The van der Waals surface area contributed by atoms with Crippen molar-refractivity contribution in [2.24, 2.45) is 0 Å². The molecule has 0 heterocycles. The Labute approximate surface area is 188 Å². The van der Waals surface area contributed by atoms with Crippen LogP contribution < -0.4 is 15.4 Å². The molecule has 8 heteroatoms. The van der Waals surface area contributed by atoms with Gasteiger partial charge in [-0.1, -0.05) is 54.6 Å². The molecule has 3 N–H and O–H groups in total. The predicted octanol–water partition coefficient (Wildman–Crippen LogP) is 4.04. The highest BCUT2D eigenvalue weighted by Crippen LogP contribution is 2.29. The van der Waals surface area contributed by atoms with Crippen molar-refractivity contribution in [3.63, 3.8) is 0 Å². The van der Waals surface area contributed by atoms with Crippen LogP contribution >= 0.6 is 0 Å². The van der Waals surface area contributed by atoms with Crippen molar-refractivity contribution in [2.45, 2.75) is 30.2 Å².